The van der Waals surface area contributed by atoms with Crippen LogP contribution in [0.2, 0.25) is 0 Å². The highest BCUT2D eigenvalue weighted by atomic mass is 32.1. The van der Waals surface area contributed by atoms with Gasteiger partial charge in [0, 0.05) is 23.5 Å². The molecule has 136 valence electrons. The van der Waals surface area contributed by atoms with Gasteiger partial charge in [-0.2, -0.15) is 0 Å². The van der Waals surface area contributed by atoms with Crippen molar-refractivity contribution in [3.63, 3.8) is 0 Å². The number of amides is 2. The zero-order chi connectivity index (χ0) is 18.7. The molecular formula is C19H20N2O4S. The highest BCUT2D eigenvalue weighted by Gasteiger charge is 2.26. The van der Waals surface area contributed by atoms with E-state index < -0.39 is 24.4 Å². The standard InChI is InChI=1S/C19H20N2O4S/c1-12-10-14(13(2)21(12)15-6-7-15)5-8-18(23)25-11-17(22)20-19(24)16-4-3-9-26-16/h3-5,8-10,15H,6-7,11H2,1-2H3,(H,20,22,24)/b8-5+. The smallest absolute Gasteiger partial charge is 0.331 e. The molecular weight excluding hydrogens is 352 g/mol. The molecule has 0 atom stereocenters. The van der Waals surface area contributed by atoms with E-state index in [1.165, 1.54) is 35.9 Å². The summed E-state index contributed by atoms with van der Waals surface area (Å²) in [5, 5.41) is 3.92. The average Bonchev–Trinajstić information content (AvgIpc) is 3.18. The van der Waals surface area contributed by atoms with Gasteiger partial charge in [0.15, 0.2) is 6.61 Å². The number of esters is 1. The van der Waals surface area contributed by atoms with Gasteiger partial charge in [-0.3, -0.25) is 14.9 Å². The van der Waals surface area contributed by atoms with Crippen molar-refractivity contribution in [1.29, 1.82) is 0 Å². The first-order valence-corrected chi connectivity index (χ1v) is 9.24. The van der Waals surface area contributed by atoms with Crippen molar-refractivity contribution < 1.29 is 19.1 Å². The normalized spacial score (nSPS) is 13.8. The maximum atomic E-state index is 11.8. The summed E-state index contributed by atoms with van der Waals surface area (Å²) in [6.45, 7) is 3.58. The maximum absolute atomic E-state index is 11.8. The highest BCUT2D eigenvalue weighted by molar-refractivity contribution is 7.12. The minimum Gasteiger partial charge on any atom is -0.452 e. The first kappa shape index (κ1) is 18.1. The summed E-state index contributed by atoms with van der Waals surface area (Å²) < 4.78 is 7.17. The first-order chi connectivity index (χ1) is 12.5. The molecule has 0 radical (unpaired) electrons. The molecule has 0 aliphatic heterocycles. The lowest BCUT2D eigenvalue weighted by Crippen LogP contribution is -2.33. The fraction of sp³-hybridized carbons (Fsp3) is 0.316. The minimum absolute atomic E-state index is 0.426. The molecule has 0 spiro atoms. The molecule has 7 heteroatoms. The van der Waals surface area contributed by atoms with Crippen molar-refractivity contribution in [2.75, 3.05) is 6.61 Å². The lowest BCUT2D eigenvalue weighted by molar-refractivity contribution is -0.143. The van der Waals surface area contributed by atoms with Crippen LogP contribution in [0.15, 0.2) is 29.7 Å². The van der Waals surface area contributed by atoms with Gasteiger partial charge in [0.25, 0.3) is 11.8 Å². The van der Waals surface area contributed by atoms with Crippen LogP contribution in [0.4, 0.5) is 0 Å². The van der Waals surface area contributed by atoms with Gasteiger partial charge in [0.1, 0.15) is 0 Å². The van der Waals surface area contributed by atoms with Gasteiger partial charge in [-0.15, -0.1) is 11.3 Å². The van der Waals surface area contributed by atoms with Crippen LogP contribution < -0.4 is 5.32 Å². The molecule has 3 rings (SSSR count). The lowest BCUT2D eigenvalue weighted by Gasteiger charge is -2.06. The van der Waals surface area contributed by atoms with Gasteiger partial charge in [-0.1, -0.05) is 6.07 Å². The van der Waals surface area contributed by atoms with Gasteiger partial charge in [-0.25, -0.2) is 4.79 Å². The summed E-state index contributed by atoms with van der Waals surface area (Å²) in [6.07, 6.45) is 5.38. The predicted molar refractivity (Wildman–Crippen MR) is 99.0 cm³/mol. The van der Waals surface area contributed by atoms with Crippen molar-refractivity contribution in [3.8, 4) is 0 Å². The molecule has 1 saturated carbocycles. The summed E-state index contributed by atoms with van der Waals surface area (Å²) in [7, 11) is 0. The van der Waals surface area contributed by atoms with Crippen LogP contribution in [0, 0.1) is 13.8 Å². The van der Waals surface area contributed by atoms with E-state index in [4.69, 9.17) is 4.74 Å². The van der Waals surface area contributed by atoms with Crippen LogP contribution in [0.5, 0.6) is 0 Å². The Bertz CT molecular complexity index is 860. The second-order valence-electron chi connectivity index (χ2n) is 6.22. The Labute approximate surface area is 155 Å². The number of aromatic nitrogens is 1. The SMILES string of the molecule is Cc1cc(/C=C/C(=O)OCC(=O)NC(=O)c2cccs2)c(C)n1C1CC1. The van der Waals surface area contributed by atoms with Crippen molar-refractivity contribution in [1.82, 2.24) is 9.88 Å². The summed E-state index contributed by atoms with van der Waals surface area (Å²) in [4.78, 5) is 35.6. The van der Waals surface area contributed by atoms with Crippen LogP contribution in [-0.2, 0) is 14.3 Å². The second-order valence-corrected chi connectivity index (χ2v) is 7.17. The van der Waals surface area contributed by atoms with E-state index in [9.17, 15) is 14.4 Å². The average molecular weight is 372 g/mol. The number of nitrogens with zero attached hydrogens (tertiary/aromatic N) is 1. The van der Waals surface area contributed by atoms with E-state index in [1.807, 2.05) is 13.0 Å². The number of rotatable bonds is 6. The fourth-order valence-electron chi connectivity index (χ4n) is 2.84. The third kappa shape index (κ3) is 4.29. The van der Waals surface area contributed by atoms with Crippen molar-refractivity contribution in [3.05, 3.63) is 51.5 Å². The molecule has 1 fully saturated rings. The topological polar surface area (TPSA) is 77.4 Å². The van der Waals surface area contributed by atoms with Crippen LogP contribution in [-0.4, -0.2) is 29.0 Å². The molecule has 0 unspecified atom stereocenters. The molecule has 1 N–H and O–H groups in total. The van der Waals surface area contributed by atoms with E-state index in [1.54, 1.807) is 23.6 Å². The summed E-state index contributed by atoms with van der Waals surface area (Å²) >= 11 is 1.23. The predicted octanol–water partition coefficient (Wildman–Crippen LogP) is 3.01. The number of hydrogen-bond acceptors (Lipinski definition) is 5. The molecule has 6 nitrogen and oxygen atoms in total. The second kappa shape index (κ2) is 7.70. The number of carbonyl (C=O) groups is 3. The van der Waals surface area contributed by atoms with E-state index in [2.05, 4.69) is 16.8 Å². The Morgan fingerprint density at radius 1 is 1.35 bits per heavy atom. The molecule has 0 saturated heterocycles. The van der Waals surface area contributed by atoms with Crippen LogP contribution in [0.25, 0.3) is 6.08 Å². The molecule has 2 heterocycles. The number of imide groups is 1. The molecule has 0 aromatic carbocycles. The Balaban J connectivity index is 1.49. The molecule has 1 aliphatic rings. The van der Waals surface area contributed by atoms with E-state index in [0.717, 1.165) is 11.3 Å². The summed E-state index contributed by atoms with van der Waals surface area (Å²) in [6, 6.07) is 5.94. The van der Waals surface area contributed by atoms with Crippen molar-refractivity contribution in [2.45, 2.75) is 32.7 Å². The number of aryl methyl sites for hydroxylation is 1. The Morgan fingerprint density at radius 2 is 2.12 bits per heavy atom. The van der Waals surface area contributed by atoms with Gasteiger partial charge < -0.3 is 9.30 Å². The van der Waals surface area contributed by atoms with Gasteiger partial charge >= 0.3 is 5.97 Å². The van der Waals surface area contributed by atoms with Crippen LogP contribution >= 0.6 is 11.3 Å². The third-order valence-corrected chi connectivity index (χ3v) is 5.05. The molecule has 2 aromatic heterocycles. The minimum atomic E-state index is -0.655. The fourth-order valence-corrected chi connectivity index (χ4v) is 3.46. The highest BCUT2D eigenvalue weighted by Crippen LogP contribution is 2.38. The number of hydrogen-bond donors (Lipinski definition) is 1. The first-order valence-electron chi connectivity index (χ1n) is 8.36. The molecule has 1 aliphatic carbocycles. The number of thiophene rings is 1. The van der Waals surface area contributed by atoms with E-state index in [-0.39, 0.29) is 0 Å². The largest absolute Gasteiger partial charge is 0.452 e. The Hall–Kier alpha value is -2.67. The summed E-state index contributed by atoms with van der Waals surface area (Å²) in [5.74, 6) is -1.78. The zero-order valence-electron chi connectivity index (χ0n) is 14.7. The van der Waals surface area contributed by atoms with Gasteiger partial charge in [-0.05, 0) is 55.8 Å². The molecule has 2 amide bonds. The van der Waals surface area contributed by atoms with Gasteiger partial charge in [0.05, 0.1) is 4.88 Å². The Kier molecular flexibility index (Phi) is 5.37. The van der Waals surface area contributed by atoms with Crippen LogP contribution in [0.1, 0.15) is 45.5 Å². The van der Waals surface area contributed by atoms with Crippen LogP contribution in [0.3, 0.4) is 0 Å². The number of ether oxygens (including phenoxy) is 1. The summed E-state index contributed by atoms with van der Waals surface area (Å²) in [5.41, 5.74) is 3.25. The zero-order valence-corrected chi connectivity index (χ0v) is 15.5. The molecule has 26 heavy (non-hydrogen) atoms. The van der Waals surface area contributed by atoms with Gasteiger partial charge in [0.2, 0.25) is 0 Å². The Morgan fingerprint density at radius 3 is 2.77 bits per heavy atom. The number of nitrogens with one attached hydrogen (secondary N) is 1. The van der Waals surface area contributed by atoms with Crippen molar-refractivity contribution >= 4 is 35.2 Å². The number of carbonyl (C=O) groups excluding carboxylic acids is 3. The van der Waals surface area contributed by atoms with Crippen molar-refractivity contribution in [2.24, 2.45) is 0 Å². The lowest BCUT2D eigenvalue weighted by atomic mass is 10.2. The van der Waals surface area contributed by atoms with E-state index >= 15 is 0 Å². The maximum Gasteiger partial charge on any atom is 0.331 e. The third-order valence-electron chi connectivity index (χ3n) is 4.18. The molecule has 2 aromatic rings. The monoisotopic (exact) mass is 372 g/mol. The molecule has 0 bridgehead atoms. The van der Waals surface area contributed by atoms with E-state index in [0.29, 0.717) is 10.9 Å². The quantitative estimate of drug-likeness (QED) is 0.625.